The second kappa shape index (κ2) is 8.67. The van der Waals surface area contributed by atoms with Gasteiger partial charge in [0, 0.05) is 5.41 Å². The van der Waals surface area contributed by atoms with Crippen molar-refractivity contribution in [2.45, 2.75) is 106 Å². The van der Waals surface area contributed by atoms with Crippen molar-refractivity contribution in [3.8, 4) is 0 Å². The molecule has 0 aromatic carbocycles. The van der Waals surface area contributed by atoms with Crippen LogP contribution in [0.25, 0.3) is 0 Å². The zero-order chi connectivity index (χ0) is 28.1. The second-order valence-electron chi connectivity index (χ2n) is 15.2. The van der Waals surface area contributed by atoms with Gasteiger partial charge in [-0.25, -0.2) is 0 Å². The number of carbonyl (C=O) groups excluding carboxylic acids is 2. The van der Waals surface area contributed by atoms with Crippen LogP contribution in [-0.4, -0.2) is 29.4 Å². The summed E-state index contributed by atoms with van der Waals surface area (Å²) in [7, 11) is 0. The number of hydrogen-bond donors (Lipinski definition) is 1. The molecule has 212 valence electrons. The SMILES string of the molecule is C=C(C)[C@@H]1CC[C@]2(C(=O)O)CC[C@]3(C)[C@H](CC[C@@H]4[C@@]5(C)CC(C(=O)OCC)C(=O)C(C)(C)[C@@H]5CC[C@]43C)[C@@H]12. The number of rotatable bonds is 4. The predicted molar refractivity (Wildman–Crippen MR) is 147 cm³/mol. The molecule has 5 rings (SSSR count). The highest BCUT2D eigenvalue weighted by Crippen LogP contribution is 2.77. The maximum atomic E-state index is 13.7. The molecule has 1 N–H and O–H groups in total. The van der Waals surface area contributed by atoms with Gasteiger partial charge in [0.1, 0.15) is 5.92 Å². The average molecular weight is 527 g/mol. The van der Waals surface area contributed by atoms with Crippen molar-refractivity contribution in [3.63, 3.8) is 0 Å². The Kier molecular flexibility index (Phi) is 6.37. The molecule has 1 unspecified atom stereocenters. The summed E-state index contributed by atoms with van der Waals surface area (Å²) < 4.78 is 5.43. The number of carbonyl (C=O) groups is 3. The highest BCUT2D eigenvalue weighted by atomic mass is 16.5. The van der Waals surface area contributed by atoms with Crippen LogP contribution in [-0.2, 0) is 19.1 Å². The van der Waals surface area contributed by atoms with Gasteiger partial charge in [0.25, 0.3) is 0 Å². The van der Waals surface area contributed by atoms with E-state index in [0.717, 1.165) is 56.9 Å². The van der Waals surface area contributed by atoms with Crippen LogP contribution >= 0.6 is 0 Å². The summed E-state index contributed by atoms with van der Waals surface area (Å²) >= 11 is 0. The van der Waals surface area contributed by atoms with Crippen molar-refractivity contribution in [3.05, 3.63) is 12.2 Å². The Hall–Kier alpha value is -1.65. The minimum Gasteiger partial charge on any atom is -0.481 e. The number of ether oxygens (including phenoxy) is 1. The normalized spacial score (nSPS) is 49.2. The first-order chi connectivity index (χ1) is 17.6. The molecule has 0 aromatic heterocycles. The van der Waals surface area contributed by atoms with Crippen molar-refractivity contribution >= 4 is 17.7 Å². The molecule has 0 aromatic rings. The molecule has 5 nitrogen and oxygen atoms in total. The molecule has 0 aliphatic heterocycles. The van der Waals surface area contributed by atoms with E-state index in [1.807, 2.05) is 6.92 Å². The van der Waals surface area contributed by atoms with Crippen LogP contribution in [0.4, 0.5) is 0 Å². The Morgan fingerprint density at radius 1 is 0.947 bits per heavy atom. The Morgan fingerprint density at radius 2 is 1.63 bits per heavy atom. The number of ketones is 1. The fourth-order valence-electron chi connectivity index (χ4n) is 11.9. The summed E-state index contributed by atoms with van der Waals surface area (Å²) in [6.07, 6.45) is 8.11. The quantitative estimate of drug-likeness (QED) is 0.240. The highest BCUT2D eigenvalue weighted by Gasteiger charge is 2.73. The largest absolute Gasteiger partial charge is 0.481 e. The maximum Gasteiger partial charge on any atom is 0.316 e. The molecule has 0 heterocycles. The van der Waals surface area contributed by atoms with E-state index in [1.165, 1.54) is 0 Å². The molecule has 0 saturated heterocycles. The van der Waals surface area contributed by atoms with Crippen LogP contribution in [0.2, 0.25) is 0 Å². The standard InChI is InChI=1S/C33H50O5/c1-9-38-27(35)21-18-30(6)23(29(4,5)26(21)34)13-14-32(8)24(30)11-10-22-25-20(19(2)3)12-15-33(25,28(36)37)17-16-31(22,32)7/h20-25H,2,9-18H2,1,3-8H3,(H,36,37)/t20-,21?,22+,23-,24+,25+,30-,31+,32+,33-/m0/s1. The fourth-order valence-corrected chi connectivity index (χ4v) is 11.9. The van der Waals surface area contributed by atoms with E-state index in [2.05, 4.69) is 48.1 Å². The van der Waals surface area contributed by atoms with Crippen LogP contribution in [0, 0.1) is 62.6 Å². The van der Waals surface area contributed by atoms with Crippen LogP contribution in [0.15, 0.2) is 12.2 Å². The first kappa shape index (κ1) is 27.9. The lowest BCUT2D eigenvalue weighted by molar-refractivity contribution is -0.239. The molecule has 0 bridgehead atoms. The first-order valence-electron chi connectivity index (χ1n) is 15.2. The van der Waals surface area contributed by atoms with Crippen molar-refractivity contribution < 1.29 is 24.2 Å². The van der Waals surface area contributed by atoms with Gasteiger partial charge >= 0.3 is 11.9 Å². The van der Waals surface area contributed by atoms with E-state index >= 15 is 0 Å². The van der Waals surface area contributed by atoms with E-state index in [4.69, 9.17) is 4.74 Å². The summed E-state index contributed by atoms with van der Waals surface area (Å²) in [5, 5.41) is 10.6. The van der Waals surface area contributed by atoms with Crippen LogP contribution < -0.4 is 0 Å². The number of carboxylic acids is 1. The third-order valence-electron chi connectivity index (χ3n) is 13.8. The van der Waals surface area contributed by atoms with Crippen molar-refractivity contribution in [1.29, 1.82) is 0 Å². The number of aliphatic carboxylic acids is 1. The van der Waals surface area contributed by atoms with E-state index in [1.54, 1.807) is 0 Å². The lowest BCUT2D eigenvalue weighted by Gasteiger charge is -2.72. The van der Waals surface area contributed by atoms with Gasteiger partial charge in [-0.3, -0.25) is 14.4 Å². The first-order valence-corrected chi connectivity index (χ1v) is 15.2. The van der Waals surface area contributed by atoms with Gasteiger partial charge < -0.3 is 9.84 Å². The van der Waals surface area contributed by atoms with Gasteiger partial charge in [0.2, 0.25) is 0 Å². The number of esters is 1. The Bertz CT molecular complexity index is 1060. The molecule has 5 saturated carbocycles. The van der Waals surface area contributed by atoms with E-state index < -0.39 is 22.7 Å². The smallest absolute Gasteiger partial charge is 0.316 e. The van der Waals surface area contributed by atoms with Gasteiger partial charge in [0.05, 0.1) is 12.0 Å². The number of Topliss-reactive ketones (excluding diaryl/α,β-unsaturated/α-hetero) is 1. The fraction of sp³-hybridized carbons (Fsp3) is 0.848. The molecule has 5 fully saturated rings. The van der Waals surface area contributed by atoms with Gasteiger partial charge in [-0.1, -0.05) is 46.8 Å². The lowest BCUT2D eigenvalue weighted by Crippen LogP contribution is -2.68. The van der Waals surface area contributed by atoms with Crippen molar-refractivity contribution in [2.75, 3.05) is 6.61 Å². The van der Waals surface area contributed by atoms with Crippen LogP contribution in [0.5, 0.6) is 0 Å². The Balaban J connectivity index is 1.57. The monoisotopic (exact) mass is 526 g/mol. The number of fused-ring (bicyclic) bond motifs is 7. The van der Waals surface area contributed by atoms with Crippen molar-refractivity contribution in [1.82, 2.24) is 0 Å². The van der Waals surface area contributed by atoms with Gasteiger partial charge in [0.15, 0.2) is 5.78 Å². The van der Waals surface area contributed by atoms with Gasteiger partial charge in [-0.05, 0) is 117 Å². The summed E-state index contributed by atoms with van der Waals surface area (Å²) in [5.41, 5.74) is -0.117. The molecule has 0 spiro atoms. The summed E-state index contributed by atoms with van der Waals surface area (Å²) in [5.74, 6) is -0.161. The van der Waals surface area contributed by atoms with E-state index in [9.17, 15) is 19.5 Å². The molecule has 0 radical (unpaired) electrons. The zero-order valence-corrected chi connectivity index (χ0v) is 24.8. The maximum absolute atomic E-state index is 13.7. The molecular weight excluding hydrogens is 476 g/mol. The Morgan fingerprint density at radius 3 is 2.24 bits per heavy atom. The average Bonchev–Trinajstić information content (AvgIpc) is 3.23. The van der Waals surface area contributed by atoms with Gasteiger partial charge in [-0.15, -0.1) is 0 Å². The van der Waals surface area contributed by atoms with Gasteiger partial charge in [-0.2, -0.15) is 0 Å². The second-order valence-corrected chi connectivity index (χ2v) is 15.2. The predicted octanol–water partition coefficient (Wildman–Crippen LogP) is 7.09. The molecule has 38 heavy (non-hydrogen) atoms. The summed E-state index contributed by atoms with van der Waals surface area (Å²) in [4.78, 5) is 39.6. The third-order valence-corrected chi connectivity index (χ3v) is 13.8. The summed E-state index contributed by atoms with van der Waals surface area (Å²) in [6.45, 7) is 20.0. The van der Waals surface area contributed by atoms with Crippen LogP contribution in [0.3, 0.4) is 0 Å². The lowest BCUT2D eigenvalue weighted by atomic mass is 9.32. The molecule has 0 amide bonds. The zero-order valence-electron chi connectivity index (χ0n) is 24.8. The van der Waals surface area contributed by atoms with E-state index in [-0.39, 0.29) is 45.8 Å². The molecule has 5 heteroatoms. The molecular formula is C33H50O5. The highest BCUT2D eigenvalue weighted by molar-refractivity contribution is 6.02. The number of hydrogen-bond acceptors (Lipinski definition) is 4. The molecule has 5 aliphatic carbocycles. The topological polar surface area (TPSA) is 80.7 Å². The minimum absolute atomic E-state index is 0.0244. The minimum atomic E-state index is -0.687. The Labute approximate surface area is 229 Å². The number of allylic oxidation sites excluding steroid dienone is 1. The van der Waals surface area contributed by atoms with Crippen LogP contribution in [0.1, 0.15) is 106 Å². The number of carboxylic acid groups (broad SMARTS) is 1. The van der Waals surface area contributed by atoms with E-state index in [0.29, 0.717) is 24.9 Å². The summed E-state index contributed by atoms with van der Waals surface area (Å²) in [6, 6.07) is 0. The third kappa shape index (κ3) is 3.32. The molecule has 10 atom stereocenters. The van der Waals surface area contributed by atoms with Crippen molar-refractivity contribution in [2.24, 2.45) is 62.6 Å². The molecule has 5 aliphatic rings.